The molecule has 29 heavy (non-hydrogen) atoms. The van der Waals surface area contributed by atoms with Crippen LogP contribution in [0.15, 0.2) is 6.07 Å². The minimum Gasteiger partial charge on any atom is -0.465 e. The third kappa shape index (κ3) is 7.59. The van der Waals surface area contributed by atoms with Gasteiger partial charge < -0.3 is 20.1 Å². The van der Waals surface area contributed by atoms with Crippen molar-refractivity contribution < 1.29 is 24.0 Å². The highest BCUT2D eigenvalue weighted by atomic mass is 16.6. The van der Waals surface area contributed by atoms with Crippen LogP contribution in [-0.4, -0.2) is 42.8 Å². The normalized spacial score (nSPS) is 11.0. The zero-order valence-electron chi connectivity index (χ0n) is 18.0. The van der Waals surface area contributed by atoms with Gasteiger partial charge in [0.1, 0.15) is 11.3 Å². The van der Waals surface area contributed by atoms with Crippen molar-refractivity contribution in [2.75, 3.05) is 25.5 Å². The third-order valence-electron chi connectivity index (χ3n) is 4.16. The van der Waals surface area contributed by atoms with Crippen molar-refractivity contribution in [3.05, 3.63) is 32.9 Å². The summed E-state index contributed by atoms with van der Waals surface area (Å²) in [5.41, 5.74) is 0.840. The van der Waals surface area contributed by atoms with Gasteiger partial charge >= 0.3 is 12.1 Å². The Kier molecular flexibility index (Phi) is 8.87. The molecule has 0 saturated carbocycles. The average molecular weight is 409 g/mol. The molecule has 0 fully saturated rings. The first kappa shape index (κ1) is 24.2. The fourth-order valence-corrected chi connectivity index (χ4v) is 2.82. The van der Waals surface area contributed by atoms with Crippen LogP contribution in [0.3, 0.4) is 0 Å². The number of hydrogen-bond donors (Lipinski definition) is 2. The molecule has 0 radical (unpaired) electrons. The highest BCUT2D eigenvalue weighted by Gasteiger charge is 2.25. The fourth-order valence-electron chi connectivity index (χ4n) is 2.82. The molecule has 0 aromatic heterocycles. The van der Waals surface area contributed by atoms with Crippen LogP contribution in [0.25, 0.3) is 0 Å². The van der Waals surface area contributed by atoms with Crippen LogP contribution in [0, 0.1) is 24.0 Å². The van der Waals surface area contributed by atoms with E-state index in [2.05, 4.69) is 10.6 Å². The van der Waals surface area contributed by atoms with E-state index in [4.69, 9.17) is 9.47 Å². The Hall–Kier alpha value is -2.84. The molecular formula is C20H31N3O6. The van der Waals surface area contributed by atoms with Crippen molar-refractivity contribution in [3.8, 4) is 0 Å². The van der Waals surface area contributed by atoms with Gasteiger partial charge in [-0.3, -0.25) is 10.1 Å². The Morgan fingerprint density at radius 1 is 1.14 bits per heavy atom. The Balaban J connectivity index is 2.58. The molecule has 0 heterocycles. The first-order valence-electron chi connectivity index (χ1n) is 9.55. The summed E-state index contributed by atoms with van der Waals surface area (Å²) in [5, 5.41) is 17.4. The van der Waals surface area contributed by atoms with E-state index in [0.717, 1.165) is 19.3 Å². The number of carbonyl (C=O) groups is 2. The zero-order chi connectivity index (χ0) is 22.2. The topological polar surface area (TPSA) is 120 Å². The number of rotatable bonds is 9. The molecule has 1 aromatic rings. The summed E-state index contributed by atoms with van der Waals surface area (Å²) in [7, 11) is 1.24. The smallest absolute Gasteiger partial charge is 0.407 e. The van der Waals surface area contributed by atoms with Gasteiger partial charge in [-0.05, 0) is 65.5 Å². The molecule has 0 aliphatic rings. The van der Waals surface area contributed by atoms with Gasteiger partial charge in [0, 0.05) is 18.7 Å². The first-order valence-corrected chi connectivity index (χ1v) is 9.55. The maximum atomic E-state index is 11.9. The van der Waals surface area contributed by atoms with Crippen molar-refractivity contribution in [2.24, 2.45) is 0 Å². The van der Waals surface area contributed by atoms with Crippen molar-refractivity contribution in [2.45, 2.75) is 59.5 Å². The number of aryl methyl sites for hydroxylation is 1. The SMILES string of the molecule is COC(=O)c1cc(C)c(NCCCCCNC(=O)OC(C)(C)C)c([N+](=O)[O-])c1C. The number of anilines is 1. The van der Waals surface area contributed by atoms with Crippen molar-refractivity contribution >= 4 is 23.4 Å². The monoisotopic (exact) mass is 409 g/mol. The number of nitro groups is 1. The van der Waals surface area contributed by atoms with Gasteiger partial charge in [-0.1, -0.05) is 0 Å². The standard InChI is InChI=1S/C20H31N3O6/c1-13-12-15(18(24)28-6)14(2)17(23(26)27)16(13)21-10-8-7-9-11-22-19(25)29-20(3,4)5/h12,21H,7-11H2,1-6H3,(H,22,25). The minimum atomic E-state index is -0.599. The minimum absolute atomic E-state index is 0.114. The van der Waals surface area contributed by atoms with Crippen LogP contribution in [-0.2, 0) is 9.47 Å². The number of amides is 1. The number of methoxy groups -OCH3 is 1. The summed E-state index contributed by atoms with van der Waals surface area (Å²) in [5.74, 6) is -0.599. The number of carbonyl (C=O) groups excluding carboxylic acids is 2. The van der Waals surface area contributed by atoms with Crippen LogP contribution < -0.4 is 10.6 Å². The molecule has 9 heteroatoms. The van der Waals surface area contributed by atoms with E-state index in [1.54, 1.807) is 33.8 Å². The number of nitro benzene ring substituents is 1. The first-order chi connectivity index (χ1) is 13.5. The second kappa shape index (κ2) is 10.6. The van der Waals surface area contributed by atoms with E-state index < -0.39 is 22.6 Å². The Morgan fingerprint density at radius 3 is 2.31 bits per heavy atom. The van der Waals surface area contributed by atoms with Crippen molar-refractivity contribution in [3.63, 3.8) is 0 Å². The molecule has 0 bridgehead atoms. The second-order valence-electron chi connectivity index (χ2n) is 7.75. The predicted octanol–water partition coefficient (Wildman–Crippen LogP) is 4.11. The molecule has 0 atom stereocenters. The van der Waals surface area contributed by atoms with E-state index in [0.29, 0.717) is 24.3 Å². The number of benzene rings is 1. The molecule has 0 aliphatic carbocycles. The molecule has 0 aliphatic heterocycles. The summed E-state index contributed by atoms with van der Waals surface area (Å²) < 4.78 is 9.86. The number of unbranched alkanes of at least 4 members (excludes halogenated alkanes) is 2. The number of alkyl carbamates (subject to hydrolysis) is 1. The Labute approximate surface area is 171 Å². The molecule has 162 valence electrons. The molecule has 2 N–H and O–H groups in total. The van der Waals surface area contributed by atoms with Crippen LogP contribution in [0.2, 0.25) is 0 Å². The third-order valence-corrected chi connectivity index (χ3v) is 4.16. The van der Waals surface area contributed by atoms with E-state index in [1.807, 2.05) is 0 Å². The summed E-state index contributed by atoms with van der Waals surface area (Å²) in [6.07, 6.45) is 1.92. The molecule has 1 amide bonds. The molecule has 0 unspecified atom stereocenters. The van der Waals surface area contributed by atoms with Gasteiger partial charge in [-0.15, -0.1) is 0 Å². The number of esters is 1. The molecule has 1 rings (SSSR count). The van der Waals surface area contributed by atoms with E-state index >= 15 is 0 Å². The van der Waals surface area contributed by atoms with E-state index in [1.165, 1.54) is 14.0 Å². The largest absolute Gasteiger partial charge is 0.465 e. The lowest BCUT2D eigenvalue weighted by Gasteiger charge is -2.19. The van der Waals surface area contributed by atoms with Gasteiger partial charge in [-0.2, -0.15) is 0 Å². The lowest BCUT2D eigenvalue weighted by Crippen LogP contribution is -2.33. The van der Waals surface area contributed by atoms with Crippen LogP contribution in [0.4, 0.5) is 16.2 Å². The second-order valence-corrected chi connectivity index (χ2v) is 7.75. The molecule has 0 saturated heterocycles. The van der Waals surface area contributed by atoms with Gasteiger partial charge in [0.15, 0.2) is 0 Å². The maximum Gasteiger partial charge on any atom is 0.407 e. The summed E-state index contributed by atoms with van der Waals surface area (Å²) in [6, 6.07) is 1.60. The van der Waals surface area contributed by atoms with Gasteiger partial charge in [-0.25, -0.2) is 9.59 Å². The number of nitrogens with zero attached hydrogens (tertiary/aromatic N) is 1. The average Bonchev–Trinajstić information content (AvgIpc) is 2.60. The van der Waals surface area contributed by atoms with E-state index in [9.17, 15) is 19.7 Å². The van der Waals surface area contributed by atoms with Crippen LogP contribution in [0.5, 0.6) is 0 Å². The number of hydrogen-bond acceptors (Lipinski definition) is 7. The van der Waals surface area contributed by atoms with Gasteiger partial charge in [0.25, 0.3) is 5.69 Å². The molecule has 9 nitrogen and oxygen atoms in total. The maximum absolute atomic E-state index is 11.9. The van der Waals surface area contributed by atoms with Gasteiger partial charge in [0.2, 0.25) is 0 Å². The van der Waals surface area contributed by atoms with Gasteiger partial charge in [0.05, 0.1) is 17.6 Å². The van der Waals surface area contributed by atoms with Crippen LogP contribution >= 0.6 is 0 Å². The van der Waals surface area contributed by atoms with Crippen molar-refractivity contribution in [1.82, 2.24) is 5.32 Å². The highest BCUT2D eigenvalue weighted by molar-refractivity contribution is 5.94. The predicted molar refractivity (Wildman–Crippen MR) is 110 cm³/mol. The Bertz CT molecular complexity index is 756. The number of nitrogens with one attached hydrogen (secondary N) is 2. The quantitative estimate of drug-likeness (QED) is 0.273. The molecular weight excluding hydrogens is 378 g/mol. The fraction of sp³-hybridized carbons (Fsp3) is 0.600. The Morgan fingerprint density at radius 2 is 1.76 bits per heavy atom. The zero-order valence-corrected chi connectivity index (χ0v) is 18.0. The van der Waals surface area contributed by atoms with Crippen LogP contribution in [0.1, 0.15) is 61.5 Å². The van der Waals surface area contributed by atoms with E-state index in [-0.39, 0.29) is 16.8 Å². The number of ether oxygens (including phenoxy) is 2. The summed E-state index contributed by atoms with van der Waals surface area (Å²) >= 11 is 0. The summed E-state index contributed by atoms with van der Waals surface area (Å²) in [6.45, 7) is 9.70. The molecule has 0 spiro atoms. The highest BCUT2D eigenvalue weighted by Crippen LogP contribution is 2.34. The lowest BCUT2D eigenvalue weighted by molar-refractivity contribution is -0.384. The van der Waals surface area contributed by atoms with Crippen molar-refractivity contribution in [1.29, 1.82) is 0 Å². The molecule has 1 aromatic carbocycles. The summed E-state index contributed by atoms with van der Waals surface area (Å²) in [4.78, 5) is 34.5. The lowest BCUT2D eigenvalue weighted by atomic mass is 10.0.